The molecule has 0 radical (unpaired) electrons. The molecule has 0 aliphatic rings. The lowest BCUT2D eigenvalue weighted by Gasteiger charge is -1.97. The molecule has 0 aliphatic heterocycles. The van der Waals surface area contributed by atoms with Gasteiger partial charge in [0.2, 0.25) is 0 Å². The Hall–Kier alpha value is -1.48. The van der Waals surface area contributed by atoms with E-state index in [9.17, 15) is 4.79 Å². The van der Waals surface area contributed by atoms with E-state index in [1.165, 1.54) is 0 Å². The Balaban J connectivity index is 2.83. The van der Waals surface area contributed by atoms with Crippen molar-refractivity contribution >= 4 is 28.5 Å². The number of carboxylic acids is 1. The largest absolute Gasteiger partial charge is 0.477 e. The van der Waals surface area contributed by atoms with Gasteiger partial charge < -0.3 is 10.1 Å². The molecule has 0 saturated heterocycles. The van der Waals surface area contributed by atoms with E-state index in [0.29, 0.717) is 5.02 Å². The van der Waals surface area contributed by atoms with Crippen LogP contribution < -0.4 is 0 Å². The Morgan fingerprint density at radius 3 is 2.67 bits per heavy atom. The van der Waals surface area contributed by atoms with Crippen LogP contribution in [0.2, 0.25) is 5.02 Å². The summed E-state index contributed by atoms with van der Waals surface area (Å²) in [5.41, 5.74) is 2.69. The summed E-state index contributed by atoms with van der Waals surface area (Å²) in [7, 11) is 0. The van der Waals surface area contributed by atoms with E-state index in [1.54, 1.807) is 13.0 Å². The van der Waals surface area contributed by atoms with Crippen LogP contribution in [0, 0.1) is 13.8 Å². The molecular weight excluding hydrogens is 214 g/mol. The van der Waals surface area contributed by atoms with Crippen molar-refractivity contribution in [3.05, 3.63) is 34.0 Å². The molecule has 2 rings (SSSR count). The summed E-state index contributed by atoms with van der Waals surface area (Å²) < 4.78 is 0. The van der Waals surface area contributed by atoms with E-state index in [4.69, 9.17) is 16.7 Å². The number of aryl methyl sites for hydroxylation is 2. The summed E-state index contributed by atoms with van der Waals surface area (Å²) in [5, 5.41) is 10.5. The topological polar surface area (TPSA) is 53.1 Å². The van der Waals surface area contributed by atoms with Crippen LogP contribution in [-0.2, 0) is 0 Å². The number of hydrogen-bond donors (Lipinski definition) is 2. The Kier molecular flexibility index (Phi) is 2.20. The Labute approximate surface area is 91.7 Å². The molecule has 0 unspecified atom stereocenters. The number of carbonyl (C=O) groups is 1. The van der Waals surface area contributed by atoms with Gasteiger partial charge in [-0.15, -0.1) is 0 Å². The molecule has 0 fully saturated rings. The van der Waals surface area contributed by atoms with Gasteiger partial charge in [-0.05, 0) is 37.1 Å². The molecule has 0 spiro atoms. The minimum Gasteiger partial charge on any atom is -0.477 e. The maximum absolute atomic E-state index is 10.9. The number of aromatic carboxylic acids is 1. The molecular formula is C11H10ClNO2. The van der Waals surface area contributed by atoms with Crippen molar-refractivity contribution in [1.82, 2.24) is 4.98 Å². The number of benzene rings is 1. The van der Waals surface area contributed by atoms with Crippen molar-refractivity contribution in [2.45, 2.75) is 13.8 Å². The quantitative estimate of drug-likeness (QED) is 0.780. The van der Waals surface area contributed by atoms with Crippen LogP contribution in [0.4, 0.5) is 0 Å². The molecule has 1 heterocycles. The van der Waals surface area contributed by atoms with Crippen LogP contribution in [-0.4, -0.2) is 16.1 Å². The van der Waals surface area contributed by atoms with E-state index in [1.807, 2.05) is 13.0 Å². The van der Waals surface area contributed by atoms with Gasteiger partial charge in [0.1, 0.15) is 5.69 Å². The van der Waals surface area contributed by atoms with Crippen LogP contribution in [0.1, 0.15) is 21.6 Å². The zero-order valence-corrected chi connectivity index (χ0v) is 9.14. The molecule has 0 aliphatic carbocycles. The second-order valence-electron chi connectivity index (χ2n) is 3.58. The summed E-state index contributed by atoms with van der Waals surface area (Å²) in [4.78, 5) is 13.7. The third-order valence-corrected chi connectivity index (χ3v) is 2.96. The van der Waals surface area contributed by atoms with Gasteiger partial charge in [0.15, 0.2) is 0 Å². The summed E-state index contributed by atoms with van der Waals surface area (Å²) >= 11 is 5.96. The molecule has 4 heteroatoms. The molecule has 78 valence electrons. The van der Waals surface area contributed by atoms with Crippen molar-refractivity contribution in [3.63, 3.8) is 0 Å². The molecule has 0 atom stereocenters. The van der Waals surface area contributed by atoms with Gasteiger partial charge in [-0.25, -0.2) is 4.79 Å². The maximum Gasteiger partial charge on any atom is 0.352 e. The van der Waals surface area contributed by atoms with Crippen LogP contribution in [0.3, 0.4) is 0 Å². The molecule has 0 bridgehead atoms. The summed E-state index contributed by atoms with van der Waals surface area (Å²) in [6.07, 6.45) is 0. The van der Waals surface area contributed by atoms with Gasteiger partial charge in [-0.3, -0.25) is 0 Å². The van der Waals surface area contributed by atoms with Crippen LogP contribution in [0.25, 0.3) is 10.9 Å². The van der Waals surface area contributed by atoms with E-state index in [0.717, 1.165) is 22.0 Å². The fourth-order valence-corrected chi connectivity index (χ4v) is 1.84. The summed E-state index contributed by atoms with van der Waals surface area (Å²) in [6, 6.07) is 3.65. The third kappa shape index (κ3) is 1.49. The average Bonchev–Trinajstić information content (AvgIpc) is 2.46. The van der Waals surface area contributed by atoms with Crippen molar-refractivity contribution in [2.24, 2.45) is 0 Å². The highest BCUT2D eigenvalue weighted by molar-refractivity contribution is 6.32. The number of aromatic amines is 1. The molecule has 1 aromatic heterocycles. The van der Waals surface area contributed by atoms with E-state index in [-0.39, 0.29) is 5.69 Å². The molecule has 2 N–H and O–H groups in total. The predicted octanol–water partition coefficient (Wildman–Crippen LogP) is 3.14. The Morgan fingerprint density at radius 2 is 2.07 bits per heavy atom. The van der Waals surface area contributed by atoms with Gasteiger partial charge >= 0.3 is 5.97 Å². The SMILES string of the molecule is Cc1cc2c(C)c(C(=O)O)[nH]c2cc1Cl. The number of carboxylic acid groups (broad SMARTS) is 1. The lowest BCUT2D eigenvalue weighted by molar-refractivity contribution is 0.0691. The van der Waals surface area contributed by atoms with Gasteiger partial charge in [-0.1, -0.05) is 11.6 Å². The third-order valence-electron chi connectivity index (χ3n) is 2.55. The van der Waals surface area contributed by atoms with Crippen molar-refractivity contribution in [3.8, 4) is 0 Å². The predicted molar refractivity (Wildman–Crippen MR) is 59.7 cm³/mol. The van der Waals surface area contributed by atoms with Gasteiger partial charge in [0.25, 0.3) is 0 Å². The van der Waals surface area contributed by atoms with Crippen molar-refractivity contribution < 1.29 is 9.90 Å². The second kappa shape index (κ2) is 3.28. The molecule has 0 amide bonds. The van der Waals surface area contributed by atoms with E-state index in [2.05, 4.69) is 4.98 Å². The first kappa shape index (κ1) is 10.1. The number of H-pyrrole nitrogens is 1. The van der Waals surface area contributed by atoms with Crippen LogP contribution in [0.15, 0.2) is 12.1 Å². The minimum absolute atomic E-state index is 0.228. The highest BCUT2D eigenvalue weighted by Gasteiger charge is 2.14. The highest BCUT2D eigenvalue weighted by atomic mass is 35.5. The molecule has 0 saturated carbocycles. The smallest absolute Gasteiger partial charge is 0.352 e. The summed E-state index contributed by atoms with van der Waals surface area (Å²) in [6.45, 7) is 3.68. The lowest BCUT2D eigenvalue weighted by atomic mass is 10.1. The van der Waals surface area contributed by atoms with Gasteiger partial charge in [0, 0.05) is 15.9 Å². The summed E-state index contributed by atoms with van der Waals surface area (Å²) in [5.74, 6) is -0.947. The van der Waals surface area contributed by atoms with Gasteiger partial charge in [-0.2, -0.15) is 0 Å². The number of hydrogen-bond acceptors (Lipinski definition) is 1. The Morgan fingerprint density at radius 1 is 1.40 bits per heavy atom. The first-order chi connectivity index (χ1) is 7.00. The van der Waals surface area contributed by atoms with Crippen molar-refractivity contribution in [1.29, 1.82) is 0 Å². The zero-order valence-electron chi connectivity index (χ0n) is 8.39. The zero-order chi connectivity index (χ0) is 11.2. The van der Waals surface area contributed by atoms with Gasteiger partial charge in [0.05, 0.1) is 0 Å². The van der Waals surface area contributed by atoms with E-state index < -0.39 is 5.97 Å². The van der Waals surface area contributed by atoms with Crippen LogP contribution in [0.5, 0.6) is 0 Å². The first-order valence-electron chi connectivity index (χ1n) is 4.52. The van der Waals surface area contributed by atoms with E-state index >= 15 is 0 Å². The number of aromatic nitrogens is 1. The second-order valence-corrected chi connectivity index (χ2v) is 3.98. The van der Waals surface area contributed by atoms with Crippen molar-refractivity contribution in [2.75, 3.05) is 0 Å². The lowest BCUT2D eigenvalue weighted by Crippen LogP contribution is -1.97. The van der Waals surface area contributed by atoms with Crippen LogP contribution >= 0.6 is 11.6 Å². The fourth-order valence-electron chi connectivity index (χ4n) is 1.67. The average molecular weight is 224 g/mol. The normalized spacial score (nSPS) is 10.9. The number of nitrogens with one attached hydrogen (secondary N) is 1. The number of halogens is 1. The number of fused-ring (bicyclic) bond motifs is 1. The molecule has 1 aromatic carbocycles. The molecule has 3 nitrogen and oxygen atoms in total. The Bertz CT molecular complexity index is 557. The standard InChI is InChI=1S/C11H10ClNO2/c1-5-3-7-6(2)10(11(14)15)13-9(7)4-8(5)12/h3-4,13H,1-2H3,(H,14,15). The minimum atomic E-state index is -0.947. The fraction of sp³-hybridized carbons (Fsp3) is 0.182. The number of rotatable bonds is 1. The first-order valence-corrected chi connectivity index (χ1v) is 4.90. The molecule has 2 aromatic rings. The highest BCUT2D eigenvalue weighted by Crippen LogP contribution is 2.27. The molecule has 15 heavy (non-hydrogen) atoms. The maximum atomic E-state index is 10.9. The monoisotopic (exact) mass is 223 g/mol.